The molecule has 0 aromatic heterocycles. The molecule has 0 unspecified atom stereocenters. The van der Waals surface area contributed by atoms with Gasteiger partial charge in [0.05, 0.1) is 7.11 Å². The quantitative estimate of drug-likeness (QED) is 0.451. The van der Waals surface area contributed by atoms with Crippen molar-refractivity contribution in [2.45, 2.75) is 20.3 Å². The lowest BCUT2D eigenvalue weighted by Crippen LogP contribution is -1.95. The molecule has 0 aromatic rings. The summed E-state index contributed by atoms with van der Waals surface area (Å²) in [6.07, 6.45) is 4.82. The van der Waals surface area contributed by atoms with Gasteiger partial charge < -0.3 is 4.74 Å². The normalized spacial score (nSPS) is 12.1. The summed E-state index contributed by atoms with van der Waals surface area (Å²) in [5.41, 5.74) is 0.752. The molecule has 0 atom stereocenters. The van der Waals surface area contributed by atoms with Gasteiger partial charge in [0, 0.05) is 5.70 Å². The predicted octanol–water partition coefficient (Wildman–Crippen LogP) is 2.53. The smallest absolute Gasteiger partial charge is 0.212 e. The van der Waals surface area contributed by atoms with Crippen LogP contribution < -0.4 is 0 Å². The second-order valence-electron chi connectivity index (χ2n) is 2.20. The van der Waals surface area contributed by atoms with Gasteiger partial charge in [0.25, 0.3) is 0 Å². The van der Waals surface area contributed by atoms with Crippen LogP contribution >= 0.6 is 0 Å². The maximum Gasteiger partial charge on any atom is 0.212 e. The standard InChI is InChI=1S/C9H15NO/c1-5-6-7-9(11-4)10-8(2)3/h6-7H,2,5H2,1,3-4H3/b7-6-,10-9?. The first kappa shape index (κ1) is 9.95. The molecule has 0 heterocycles. The Bertz CT molecular complexity index is 180. The average Bonchev–Trinajstić information content (AvgIpc) is 1.97. The van der Waals surface area contributed by atoms with Gasteiger partial charge in [-0.15, -0.1) is 0 Å². The Hall–Kier alpha value is -1.05. The van der Waals surface area contributed by atoms with E-state index < -0.39 is 0 Å². The molecule has 0 rings (SSSR count). The average molecular weight is 153 g/mol. The molecular formula is C9H15NO. The van der Waals surface area contributed by atoms with E-state index in [1.807, 2.05) is 19.1 Å². The molecule has 2 heteroatoms. The first-order valence-electron chi connectivity index (χ1n) is 3.65. The maximum atomic E-state index is 4.97. The van der Waals surface area contributed by atoms with Crippen molar-refractivity contribution in [1.29, 1.82) is 0 Å². The molecule has 0 aromatic carbocycles. The third-order valence-corrected chi connectivity index (χ3v) is 1.01. The molecule has 0 N–H and O–H groups in total. The summed E-state index contributed by atoms with van der Waals surface area (Å²) in [6.45, 7) is 7.54. The molecule has 0 saturated heterocycles. The number of nitrogens with zero attached hydrogens (tertiary/aromatic N) is 1. The summed E-state index contributed by atoms with van der Waals surface area (Å²) in [6, 6.07) is 0. The van der Waals surface area contributed by atoms with Gasteiger partial charge in [-0.2, -0.15) is 0 Å². The zero-order chi connectivity index (χ0) is 8.69. The molecule has 0 aliphatic heterocycles. The van der Waals surface area contributed by atoms with Crippen molar-refractivity contribution in [1.82, 2.24) is 0 Å². The summed E-state index contributed by atoms with van der Waals surface area (Å²) < 4.78 is 4.97. The highest BCUT2D eigenvalue weighted by molar-refractivity contribution is 5.88. The van der Waals surface area contributed by atoms with Crippen molar-refractivity contribution in [2.75, 3.05) is 7.11 Å². The van der Waals surface area contributed by atoms with E-state index >= 15 is 0 Å². The van der Waals surface area contributed by atoms with Crippen LogP contribution in [0.2, 0.25) is 0 Å². The van der Waals surface area contributed by atoms with Gasteiger partial charge in [-0.1, -0.05) is 19.6 Å². The van der Waals surface area contributed by atoms with Crippen molar-refractivity contribution in [3.63, 3.8) is 0 Å². The third-order valence-electron chi connectivity index (χ3n) is 1.01. The van der Waals surface area contributed by atoms with E-state index in [-0.39, 0.29) is 0 Å². The number of hydrogen-bond donors (Lipinski definition) is 0. The highest BCUT2D eigenvalue weighted by Crippen LogP contribution is 1.93. The van der Waals surface area contributed by atoms with Gasteiger partial charge in [0.2, 0.25) is 5.90 Å². The first-order chi connectivity index (χ1) is 5.20. The lowest BCUT2D eigenvalue weighted by molar-refractivity contribution is 0.406. The van der Waals surface area contributed by atoms with E-state index in [1.165, 1.54) is 0 Å². The molecule has 0 aliphatic rings. The molecule has 0 radical (unpaired) electrons. The topological polar surface area (TPSA) is 21.6 Å². The molecule has 11 heavy (non-hydrogen) atoms. The van der Waals surface area contributed by atoms with E-state index in [2.05, 4.69) is 18.5 Å². The van der Waals surface area contributed by atoms with Crippen molar-refractivity contribution in [3.8, 4) is 0 Å². The van der Waals surface area contributed by atoms with Crippen LogP contribution in [0.25, 0.3) is 0 Å². The van der Waals surface area contributed by atoms with Crippen LogP contribution in [-0.2, 0) is 4.74 Å². The van der Waals surface area contributed by atoms with E-state index in [0.717, 1.165) is 12.1 Å². The second-order valence-corrected chi connectivity index (χ2v) is 2.20. The fourth-order valence-electron chi connectivity index (χ4n) is 0.558. The minimum atomic E-state index is 0.611. The summed E-state index contributed by atoms with van der Waals surface area (Å²) in [4.78, 5) is 4.05. The van der Waals surface area contributed by atoms with Crippen LogP contribution in [0.3, 0.4) is 0 Å². The molecule has 0 spiro atoms. The highest BCUT2D eigenvalue weighted by atomic mass is 16.5. The largest absolute Gasteiger partial charge is 0.481 e. The first-order valence-corrected chi connectivity index (χ1v) is 3.65. The zero-order valence-corrected chi connectivity index (χ0v) is 7.42. The lowest BCUT2D eigenvalue weighted by atomic mass is 10.4. The van der Waals surface area contributed by atoms with Crippen LogP contribution in [0, 0.1) is 0 Å². The number of methoxy groups -OCH3 is 1. The van der Waals surface area contributed by atoms with Crippen LogP contribution in [-0.4, -0.2) is 13.0 Å². The van der Waals surface area contributed by atoms with E-state index in [9.17, 15) is 0 Å². The molecule has 0 bridgehead atoms. The summed E-state index contributed by atoms with van der Waals surface area (Å²) in [5, 5.41) is 0. The Morgan fingerprint density at radius 1 is 1.64 bits per heavy atom. The Labute approximate surface area is 68.3 Å². The SMILES string of the molecule is C=C(C)N=C(/C=C\CC)OC. The fraction of sp³-hybridized carbons (Fsp3) is 0.444. The van der Waals surface area contributed by atoms with Crippen molar-refractivity contribution in [3.05, 3.63) is 24.4 Å². The van der Waals surface area contributed by atoms with Crippen LogP contribution in [0.15, 0.2) is 29.4 Å². The van der Waals surface area contributed by atoms with Gasteiger partial charge in [-0.25, -0.2) is 4.99 Å². The van der Waals surface area contributed by atoms with Gasteiger partial charge in [0.1, 0.15) is 0 Å². The number of hydrogen-bond acceptors (Lipinski definition) is 2. The number of rotatable bonds is 3. The minimum Gasteiger partial charge on any atom is -0.481 e. The minimum absolute atomic E-state index is 0.611. The van der Waals surface area contributed by atoms with Crippen molar-refractivity contribution >= 4 is 5.90 Å². The maximum absolute atomic E-state index is 4.97. The third kappa shape index (κ3) is 5.40. The summed E-state index contributed by atoms with van der Waals surface area (Å²) in [7, 11) is 1.60. The van der Waals surface area contributed by atoms with Crippen LogP contribution in [0.1, 0.15) is 20.3 Å². The Balaban J connectivity index is 4.16. The second kappa shape index (κ2) is 5.71. The highest BCUT2D eigenvalue weighted by Gasteiger charge is 1.88. The van der Waals surface area contributed by atoms with Gasteiger partial charge >= 0.3 is 0 Å². The molecule has 62 valence electrons. The van der Waals surface area contributed by atoms with Gasteiger partial charge in [-0.05, 0) is 19.4 Å². The van der Waals surface area contributed by atoms with Gasteiger partial charge in [0.15, 0.2) is 0 Å². The van der Waals surface area contributed by atoms with Crippen molar-refractivity contribution in [2.24, 2.45) is 4.99 Å². The Morgan fingerprint density at radius 3 is 2.64 bits per heavy atom. The van der Waals surface area contributed by atoms with E-state index in [1.54, 1.807) is 7.11 Å². The Morgan fingerprint density at radius 2 is 2.27 bits per heavy atom. The molecule has 0 amide bonds. The van der Waals surface area contributed by atoms with Gasteiger partial charge in [-0.3, -0.25) is 0 Å². The molecule has 2 nitrogen and oxygen atoms in total. The predicted molar refractivity (Wildman–Crippen MR) is 48.7 cm³/mol. The molecule has 0 fully saturated rings. The number of ether oxygens (including phenoxy) is 1. The molecular weight excluding hydrogens is 138 g/mol. The fourth-order valence-corrected chi connectivity index (χ4v) is 0.558. The van der Waals surface area contributed by atoms with E-state index in [4.69, 9.17) is 4.74 Å². The van der Waals surface area contributed by atoms with Crippen molar-refractivity contribution < 1.29 is 4.74 Å². The zero-order valence-electron chi connectivity index (χ0n) is 7.42. The monoisotopic (exact) mass is 153 g/mol. The number of aliphatic imine (C=N–C) groups is 1. The Kier molecular flexibility index (Phi) is 5.17. The van der Waals surface area contributed by atoms with E-state index in [0.29, 0.717) is 5.90 Å². The summed E-state index contributed by atoms with van der Waals surface area (Å²) in [5.74, 6) is 0.611. The number of allylic oxidation sites excluding steroid dienone is 2. The lowest BCUT2D eigenvalue weighted by Gasteiger charge is -1.97. The van der Waals surface area contributed by atoms with Crippen LogP contribution in [0.5, 0.6) is 0 Å². The molecule has 0 saturated carbocycles. The summed E-state index contributed by atoms with van der Waals surface area (Å²) >= 11 is 0. The van der Waals surface area contributed by atoms with Crippen LogP contribution in [0.4, 0.5) is 0 Å². The molecule has 0 aliphatic carbocycles.